The van der Waals surface area contributed by atoms with Crippen LogP contribution < -0.4 is 10.6 Å². The summed E-state index contributed by atoms with van der Waals surface area (Å²) in [5.41, 5.74) is 0.247. The minimum atomic E-state index is -0.865. The van der Waals surface area contributed by atoms with Crippen molar-refractivity contribution in [1.29, 1.82) is 0 Å². The van der Waals surface area contributed by atoms with Crippen molar-refractivity contribution in [2.24, 2.45) is 0 Å². The molecule has 2 N–H and O–H groups in total. The highest BCUT2D eigenvalue weighted by Gasteiger charge is 2.12. The standard InChI is InChI=1S/C18H26F2N2O.ClH/c19-16-9-5-6-14(18(16)20)10-11-17(23)22-13-12-21-15-7-3-1-2-4-8-15;/h5-6,9,15,21H,1-4,7-8,10-13H2,(H,22,23);1H. The van der Waals surface area contributed by atoms with Gasteiger partial charge in [-0.2, -0.15) is 0 Å². The lowest BCUT2D eigenvalue weighted by molar-refractivity contribution is -0.121. The number of hydrogen-bond acceptors (Lipinski definition) is 2. The molecule has 1 amide bonds. The molecule has 0 aromatic heterocycles. The lowest BCUT2D eigenvalue weighted by Crippen LogP contribution is -2.36. The van der Waals surface area contributed by atoms with E-state index in [1.54, 1.807) is 0 Å². The summed E-state index contributed by atoms with van der Waals surface area (Å²) in [6.07, 6.45) is 8.03. The molecule has 0 aliphatic heterocycles. The number of carbonyl (C=O) groups excluding carboxylic acids is 1. The summed E-state index contributed by atoms with van der Waals surface area (Å²) in [6, 6.07) is 4.62. The molecule has 3 nitrogen and oxygen atoms in total. The molecule has 1 saturated carbocycles. The van der Waals surface area contributed by atoms with Crippen molar-refractivity contribution in [3.05, 3.63) is 35.4 Å². The molecule has 1 aromatic carbocycles. The SMILES string of the molecule is Cl.O=C(CCc1cccc(F)c1F)NCCNC1CCCCCC1. The Morgan fingerprint density at radius 3 is 2.50 bits per heavy atom. The fourth-order valence-corrected chi connectivity index (χ4v) is 3.04. The summed E-state index contributed by atoms with van der Waals surface area (Å²) in [4.78, 5) is 11.8. The van der Waals surface area contributed by atoms with Crippen LogP contribution in [-0.2, 0) is 11.2 Å². The number of aryl methyl sites for hydroxylation is 1. The highest BCUT2D eigenvalue weighted by Crippen LogP contribution is 2.17. The zero-order chi connectivity index (χ0) is 16.5. The first kappa shape index (κ1) is 20.8. The first-order valence-electron chi connectivity index (χ1n) is 8.60. The maximum absolute atomic E-state index is 13.5. The molecular formula is C18H27ClF2N2O. The lowest BCUT2D eigenvalue weighted by Gasteiger charge is -2.16. The van der Waals surface area contributed by atoms with E-state index in [0.717, 1.165) is 12.6 Å². The maximum atomic E-state index is 13.5. The summed E-state index contributed by atoms with van der Waals surface area (Å²) in [5.74, 6) is -1.85. The van der Waals surface area contributed by atoms with Gasteiger partial charge in [-0.05, 0) is 30.9 Å². The average molecular weight is 361 g/mol. The summed E-state index contributed by atoms with van der Waals surface area (Å²) in [6.45, 7) is 1.33. The third-order valence-corrected chi connectivity index (χ3v) is 4.39. The highest BCUT2D eigenvalue weighted by molar-refractivity contribution is 5.85. The van der Waals surface area contributed by atoms with Crippen LogP contribution >= 0.6 is 12.4 Å². The fourth-order valence-electron chi connectivity index (χ4n) is 3.04. The maximum Gasteiger partial charge on any atom is 0.220 e. The van der Waals surface area contributed by atoms with Crippen LogP contribution in [-0.4, -0.2) is 25.0 Å². The second-order valence-electron chi connectivity index (χ2n) is 6.21. The van der Waals surface area contributed by atoms with Crippen LogP contribution in [0, 0.1) is 11.6 Å². The van der Waals surface area contributed by atoms with Crippen LogP contribution in [0.25, 0.3) is 0 Å². The average Bonchev–Trinajstić information content (AvgIpc) is 2.82. The van der Waals surface area contributed by atoms with Gasteiger partial charge in [-0.3, -0.25) is 4.79 Å². The molecule has 0 atom stereocenters. The zero-order valence-electron chi connectivity index (χ0n) is 14.0. The Kier molecular flexibility index (Phi) is 9.88. The van der Waals surface area contributed by atoms with Crippen LogP contribution in [0.4, 0.5) is 8.78 Å². The van der Waals surface area contributed by atoms with Gasteiger partial charge in [-0.15, -0.1) is 12.4 Å². The molecule has 0 unspecified atom stereocenters. The van der Waals surface area contributed by atoms with Crippen LogP contribution in [0.1, 0.15) is 50.5 Å². The summed E-state index contributed by atoms with van der Waals surface area (Å²) >= 11 is 0. The number of hydrogen-bond donors (Lipinski definition) is 2. The monoisotopic (exact) mass is 360 g/mol. The minimum Gasteiger partial charge on any atom is -0.355 e. The van der Waals surface area contributed by atoms with Crippen molar-refractivity contribution >= 4 is 18.3 Å². The van der Waals surface area contributed by atoms with E-state index in [-0.39, 0.29) is 36.7 Å². The second kappa shape index (κ2) is 11.4. The lowest BCUT2D eigenvalue weighted by atomic mass is 10.1. The van der Waals surface area contributed by atoms with E-state index in [9.17, 15) is 13.6 Å². The molecule has 1 fully saturated rings. The number of carbonyl (C=O) groups is 1. The normalized spacial score (nSPS) is 15.4. The van der Waals surface area contributed by atoms with Crippen molar-refractivity contribution in [3.63, 3.8) is 0 Å². The molecular weight excluding hydrogens is 334 g/mol. The Morgan fingerprint density at radius 2 is 1.79 bits per heavy atom. The molecule has 1 aromatic rings. The van der Waals surface area contributed by atoms with E-state index in [1.807, 2.05) is 0 Å². The molecule has 0 bridgehead atoms. The van der Waals surface area contributed by atoms with Gasteiger partial charge in [0, 0.05) is 25.6 Å². The Hall–Kier alpha value is -1.20. The van der Waals surface area contributed by atoms with Gasteiger partial charge in [-0.1, -0.05) is 37.8 Å². The molecule has 136 valence electrons. The van der Waals surface area contributed by atoms with Crippen molar-refractivity contribution in [2.75, 3.05) is 13.1 Å². The fraction of sp³-hybridized carbons (Fsp3) is 0.611. The van der Waals surface area contributed by atoms with Gasteiger partial charge in [0.05, 0.1) is 0 Å². The smallest absolute Gasteiger partial charge is 0.220 e. The number of benzene rings is 1. The largest absolute Gasteiger partial charge is 0.355 e. The number of rotatable bonds is 7. The van der Waals surface area contributed by atoms with Crippen LogP contribution in [0.5, 0.6) is 0 Å². The number of nitrogens with one attached hydrogen (secondary N) is 2. The van der Waals surface area contributed by atoms with E-state index in [4.69, 9.17) is 0 Å². The Morgan fingerprint density at radius 1 is 1.08 bits per heavy atom. The van der Waals surface area contributed by atoms with Crippen molar-refractivity contribution in [2.45, 2.75) is 57.4 Å². The number of amides is 1. The predicted molar refractivity (Wildman–Crippen MR) is 94.4 cm³/mol. The quantitative estimate of drug-likeness (QED) is 0.574. The van der Waals surface area contributed by atoms with Crippen molar-refractivity contribution < 1.29 is 13.6 Å². The third-order valence-electron chi connectivity index (χ3n) is 4.39. The molecule has 1 aliphatic rings. The summed E-state index contributed by atoms with van der Waals surface area (Å²) in [5, 5.41) is 6.31. The predicted octanol–water partition coefficient (Wildman–Crippen LogP) is 3.75. The number of halogens is 3. The van der Waals surface area contributed by atoms with E-state index in [0.29, 0.717) is 12.6 Å². The molecule has 6 heteroatoms. The van der Waals surface area contributed by atoms with E-state index in [1.165, 1.54) is 50.7 Å². The van der Waals surface area contributed by atoms with Gasteiger partial charge in [0.2, 0.25) is 5.91 Å². The van der Waals surface area contributed by atoms with E-state index in [2.05, 4.69) is 10.6 Å². The van der Waals surface area contributed by atoms with Gasteiger partial charge in [0.1, 0.15) is 0 Å². The van der Waals surface area contributed by atoms with Gasteiger partial charge in [-0.25, -0.2) is 8.78 Å². The molecule has 0 radical (unpaired) electrons. The van der Waals surface area contributed by atoms with Crippen molar-refractivity contribution in [1.82, 2.24) is 10.6 Å². The third kappa shape index (κ3) is 7.14. The first-order chi connectivity index (χ1) is 11.2. The van der Waals surface area contributed by atoms with E-state index >= 15 is 0 Å². The van der Waals surface area contributed by atoms with Gasteiger partial charge in [0.15, 0.2) is 11.6 Å². The Labute approximate surface area is 149 Å². The van der Waals surface area contributed by atoms with Gasteiger partial charge in [0.25, 0.3) is 0 Å². The van der Waals surface area contributed by atoms with Gasteiger partial charge >= 0.3 is 0 Å². The van der Waals surface area contributed by atoms with Gasteiger partial charge < -0.3 is 10.6 Å². The van der Waals surface area contributed by atoms with E-state index < -0.39 is 11.6 Å². The molecule has 0 heterocycles. The minimum absolute atomic E-state index is 0. The van der Waals surface area contributed by atoms with Crippen LogP contribution in [0.15, 0.2) is 18.2 Å². The summed E-state index contributed by atoms with van der Waals surface area (Å²) < 4.78 is 26.6. The molecule has 0 saturated heterocycles. The molecule has 2 rings (SSSR count). The van der Waals surface area contributed by atoms with Crippen LogP contribution in [0.3, 0.4) is 0 Å². The molecule has 24 heavy (non-hydrogen) atoms. The Balaban J connectivity index is 0.00000288. The topological polar surface area (TPSA) is 41.1 Å². The zero-order valence-corrected chi connectivity index (χ0v) is 14.8. The Bertz CT molecular complexity index is 506. The van der Waals surface area contributed by atoms with Crippen LogP contribution in [0.2, 0.25) is 0 Å². The van der Waals surface area contributed by atoms with Crippen molar-refractivity contribution in [3.8, 4) is 0 Å². The summed E-state index contributed by atoms with van der Waals surface area (Å²) in [7, 11) is 0. The molecule has 0 spiro atoms. The molecule has 1 aliphatic carbocycles. The highest BCUT2D eigenvalue weighted by atomic mass is 35.5. The first-order valence-corrected chi connectivity index (χ1v) is 8.60. The second-order valence-corrected chi connectivity index (χ2v) is 6.21.